The third-order valence-corrected chi connectivity index (χ3v) is 1.84. The van der Waals surface area contributed by atoms with Gasteiger partial charge in [0.25, 0.3) is 0 Å². The van der Waals surface area contributed by atoms with Crippen molar-refractivity contribution >= 4 is 5.97 Å². The van der Waals surface area contributed by atoms with Crippen LogP contribution >= 0.6 is 0 Å². The first-order valence-electron chi connectivity index (χ1n) is 4.66. The van der Waals surface area contributed by atoms with Gasteiger partial charge in [0.15, 0.2) is 6.61 Å². The Kier molecular flexibility index (Phi) is 4.41. The molecule has 0 heterocycles. The van der Waals surface area contributed by atoms with Gasteiger partial charge in [-0.2, -0.15) is 0 Å². The second kappa shape index (κ2) is 5.86. The van der Waals surface area contributed by atoms with Crippen LogP contribution in [0.3, 0.4) is 0 Å². The molecule has 0 N–H and O–H groups in total. The molecule has 1 aromatic rings. The number of carbonyl (C=O) groups is 1. The molecule has 0 bridgehead atoms. The minimum absolute atomic E-state index is 0.0879. The van der Waals surface area contributed by atoms with Gasteiger partial charge in [0.05, 0.1) is 6.26 Å². The fourth-order valence-electron chi connectivity index (χ4n) is 1.02. The van der Waals surface area contributed by atoms with Crippen molar-refractivity contribution in [3.05, 3.63) is 48.2 Å². The number of aryl methyl sites for hydroxylation is 1. The van der Waals surface area contributed by atoms with Crippen molar-refractivity contribution in [3.8, 4) is 0 Å². The molecule has 0 aliphatic heterocycles. The van der Waals surface area contributed by atoms with Crippen LogP contribution in [-0.4, -0.2) is 12.6 Å². The van der Waals surface area contributed by atoms with Crippen LogP contribution in [0.15, 0.2) is 37.1 Å². The predicted octanol–water partition coefficient (Wildman–Crippen LogP) is 2.20. The molecule has 0 unspecified atom stereocenters. The lowest BCUT2D eigenvalue weighted by Gasteiger charge is -2.04. The molecule has 1 rings (SSSR count). The second-order valence-corrected chi connectivity index (χ2v) is 3.12. The van der Waals surface area contributed by atoms with E-state index in [1.54, 1.807) is 0 Å². The van der Waals surface area contributed by atoms with Crippen LogP contribution in [0.1, 0.15) is 11.1 Å². The molecule has 0 aromatic heterocycles. The summed E-state index contributed by atoms with van der Waals surface area (Å²) < 4.78 is 9.65. The summed E-state index contributed by atoms with van der Waals surface area (Å²) in [6, 6.07) is 7.81. The van der Waals surface area contributed by atoms with Crippen molar-refractivity contribution < 1.29 is 14.3 Å². The molecular formula is C12H14O3. The molecule has 0 spiro atoms. The number of benzene rings is 1. The Bertz CT molecular complexity index is 327. The molecule has 0 aliphatic rings. The highest BCUT2D eigenvalue weighted by Crippen LogP contribution is 2.04. The number of carbonyl (C=O) groups excluding carboxylic acids is 1. The van der Waals surface area contributed by atoms with Gasteiger partial charge in [-0.05, 0) is 12.5 Å². The monoisotopic (exact) mass is 206 g/mol. The SMILES string of the molecule is C=COCC(=O)OCc1ccc(C)cc1. The maximum absolute atomic E-state index is 11.0. The molecule has 3 nitrogen and oxygen atoms in total. The fourth-order valence-corrected chi connectivity index (χ4v) is 1.02. The summed E-state index contributed by atoms with van der Waals surface area (Å²) in [5.41, 5.74) is 2.15. The number of rotatable bonds is 5. The molecule has 0 atom stereocenters. The number of hydrogen-bond donors (Lipinski definition) is 0. The van der Waals surface area contributed by atoms with Crippen LogP contribution in [0, 0.1) is 6.92 Å². The first-order chi connectivity index (χ1) is 7.22. The highest BCUT2D eigenvalue weighted by molar-refractivity contribution is 5.70. The van der Waals surface area contributed by atoms with Crippen LogP contribution in [-0.2, 0) is 20.9 Å². The lowest BCUT2D eigenvalue weighted by Crippen LogP contribution is -2.10. The molecule has 15 heavy (non-hydrogen) atoms. The van der Waals surface area contributed by atoms with E-state index in [0.717, 1.165) is 5.56 Å². The van der Waals surface area contributed by atoms with Gasteiger partial charge in [-0.1, -0.05) is 36.4 Å². The largest absolute Gasteiger partial charge is 0.490 e. The average Bonchev–Trinajstić information content (AvgIpc) is 2.25. The Labute approximate surface area is 89.3 Å². The van der Waals surface area contributed by atoms with Crippen LogP contribution < -0.4 is 0 Å². The number of esters is 1. The molecule has 0 saturated heterocycles. The summed E-state index contributed by atoms with van der Waals surface area (Å²) in [6.07, 6.45) is 1.22. The van der Waals surface area contributed by atoms with Crippen molar-refractivity contribution in [2.75, 3.05) is 6.61 Å². The van der Waals surface area contributed by atoms with Crippen molar-refractivity contribution in [1.29, 1.82) is 0 Å². The molecule has 0 amide bonds. The van der Waals surface area contributed by atoms with Crippen LogP contribution in [0.25, 0.3) is 0 Å². The summed E-state index contributed by atoms with van der Waals surface area (Å²) in [6.45, 7) is 5.53. The Morgan fingerprint density at radius 3 is 2.67 bits per heavy atom. The van der Waals surface area contributed by atoms with Gasteiger partial charge in [-0.25, -0.2) is 4.79 Å². The Hall–Kier alpha value is -1.77. The van der Waals surface area contributed by atoms with Crippen LogP contribution in [0.4, 0.5) is 0 Å². The topological polar surface area (TPSA) is 35.5 Å². The highest BCUT2D eigenvalue weighted by atomic mass is 16.6. The maximum atomic E-state index is 11.0. The van der Waals surface area contributed by atoms with Gasteiger partial charge in [-0.15, -0.1) is 0 Å². The molecular weight excluding hydrogens is 192 g/mol. The summed E-state index contributed by atoms with van der Waals surface area (Å²) in [5, 5.41) is 0. The van der Waals surface area contributed by atoms with Crippen molar-refractivity contribution in [2.45, 2.75) is 13.5 Å². The van der Waals surface area contributed by atoms with E-state index in [4.69, 9.17) is 9.47 Å². The summed E-state index contributed by atoms with van der Waals surface area (Å²) in [5.74, 6) is -0.393. The van der Waals surface area contributed by atoms with E-state index in [2.05, 4.69) is 6.58 Å². The zero-order chi connectivity index (χ0) is 11.1. The van der Waals surface area contributed by atoms with E-state index in [1.165, 1.54) is 11.8 Å². The van der Waals surface area contributed by atoms with Crippen LogP contribution in [0.5, 0.6) is 0 Å². The first-order valence-corrected chi connectivity index (χ1v) is 4.66. The summed E-state index contributed by atoms with van der Waals surface area (Å²) in [7, 11) is 0. The van der Waals surface area contributed by atoms with Gasteiger partial charge in [-0.3, -0.25) is 0 Å². The number of hydrogen-bond acceptors (Lipinski definition) is 3. The van der Waals surface area contributed by atoms with Crippen molar-refractivity contribution in [3.63, 3.8) is 0 Å². The minimum atomic E-state index is -0.393. The van der Waals surface area contributed by atoms with Gasteiger partial charge in [0, 0.05) is 0 Å². The second-order valence-electron chi connectivity index (χ2n) is 3.12. The average molecular weight is 206 g/mol. The molecule has 3 heteroatoms. The Morgan fingerprint density at radius 2 is 2.07 bits per heavy atom. The first kappa shape index (κ1) is 11.3. The zero-order valence-electron chi connectivity index (χ0n) is 8.73. The predicted molar refractivity (Wildman–Crippen MR) is 57.1 cm³/mol. The molecule has 80 valence electrons. The lowest BCUT2D eigenvalue weighted by atomic mass is 10.2. The van der Waals surface area contributed by atoms with E-state index in [1.807, 2.05) is 31.2 Å². The van der Waals surface area contributed by atoms with Gasteiger partial charge < -0.3 is 9.47 Å². The lowest BCUT2D eigenvalue weighted by molar-refractivity contribution is -0.148. The van der Waals surface area contributed by atoms with Gasteiger partial charge in [0.2, 0.25) is 0 Å². The summed E-state index contributed by atoms with van der Waals surface area (Å²) >= 11 is 0. The van der Waals surface area contributed by atoms with Gasteiger partial charge in [0.1, 0.15) is 6.61 Å². The highest BCUT2D eigenvalue weighted by Gasteiger charge is 2.02. The van der Waals surface area contributed by atoms with Gasteiger partial charge >= 0.3 is 5.97 Å². The van der Waals surface area contributed by atoms with Crippen LogP contribution in [0.2, 0.25) is 0 Å². The summed E-state index contributed by atoms with van der Waals surface area (Å²) in [4.78, 5) is 11.0. The molecule has 0 saturated carbocycles. The van der Waals surface area contributed by atoms with Crippen molar-refractivity contribution in [2.24, 2.45) is 0 Å². The minimum Gasteiger partial charge on any atom is -0.490 e. The Balaban J connectivity index is 2.33. The van der Waals surface area contributed by atoms with Crippen molar-refractivity contribution in [1.82, 2.24) is 0 Å². The molecule has 0 radical (unpaired) electrons. The van der Waals surface area contributed by atoms with E-state index < -0.39 is 5.97 Å². The molecule has 1 aromatic carbocycles. The number of ether oxygens (including phenoxy) is 2. The normalized spacial score (nSPS) is 9.40. The Morgan fingerprint density at radius 1 is 1.40 bits per heavy atom. The molecule has 0 fully saturated rings. The fraction of sp³-hybridized carbons (Fsp3) is 0.250. The molecule has 0 aliphatic carbocycles. The standard InChI is InChI=1S/C12H14O3/c1-3-14-9-12(13)15-8-11-6-4-10(2)5-7-11/h3-7H,1,8-9H2,2H3. The van der Waals surface area contributed by atoms with E-state index in [0.29, 0.717) is 0 Å². The van der Waals surface area contributed by atoms with E-state index >= 15 is 0 Å². The third kappa shape index (κ3) is 4.31. The smallest absolute Gasteiger partial charge is 0.344 e. The maximum Gasteiger partial charge on any atom is 0.344 e. The quantitative estimate of drug-likeness (QED) is 0.547. The van der Waals surface area contributed by atoms with E-state index in [9.17, 15) is 4.79 Å². The zero-order valence-corrected chi connectivity index (χ0v) is 8.73. The van der Waals surface area contributed by atoms with E-state index in [-0.39, 0.29) is 13.2 Å². The third-order valence-electron chi connectivity index (χ3n) is 1.84.